The van der Waals surface area contributed by atoms with Gasteiger partial charge in [-0.15, -0.1) is 11.3 Å². The smallest absolute Gasteiger partial charge is 0.242 e. The van der Waals surface area contributed by atoms with E-state index >= 15 is 0 Å². The number of aryl methyl sites for hydroxylation is 2. The lowest BCUT2D eigenvalue weighted by Gasteiger charge is -2.22. The van der Waals surface area contributed by atoms with Crippen molar-refractivity contribution >= 4 is 38.3 Å². The Kier molecular flexibility index (Phi) is 7.21. The second kappa shape index (κ2) is 9.95. The van der Waals surface area contributed by atoms with Crippen LogP contribution in [0.2, 0.25) is 0 Å². The van der Waals surface area contributed by atoms with Crippen molar-refractivity contribution < 1.29 is 13.2 Å². The summed E-state index contributed by atoms with van der Waals surface area (Å²) in [6.45, 7) is 3.62. The van der Waals surface area contributed by atoms with Gasteiger partial charge in [-0.05, 0) is 48.9 Å². The number of carbonyl (C=O) groups excluding carboxylic acids is 1. The van der Waals surface area contributed by atoms with Gasteiger partial charge in [0, 0.05) is 44.4 Å². The van der Waals surface area contributed by atoms with Gasteiger partial charge >= 0.3 is 0 Å². The highest BCUT2D eigenvalue weighted by molar-refractivity contribution is 7.89. The number of carbonyl (C=O) groups is 1. The molecule has 0 saturated heterocycles. The van der Waals surface area contributed by atoms with Crippen LogP contribution in [0.15, 0.2) is 40.6 Å². The van der Waals surface area contributed by atoms with Crippen molar-refractivity contribution in [2.75, 3.05) is 14.1 Å². The van der Waals surface area contributed by atoms with Crippen molar-refractivity contribution in [1.29, 1.82) is 0 Å². The average Bonchev–Trinajstić information content (AvgIpc) is 3.38. The van der Waals surface area contributed by atoms with E-state index < -0.39 is 10.0 Å². The van der Waals surface area contributed by atoms with Crippen LogP contribution in [-0.4, -0.2) is 53.2 Å². The van der Waals surface area contributed by atoms with Crippen LogP contribution in [0.4, 0.5) is 0 Å². The molecule has 1 aliphatic rings. The molecule has 0 radical (unpaired) electrons. The molecule has 33 heavy (non-hydrogen) atoms. The van der Waals surface area contributed by atoms with Crippen LogP contribution in [0.3, 0.4) is 0 Å². The molecular formula is C24H32N4O3S2. The second-order valence-corrected chi connectivity index (χ2v) is 12.0. The third-order valence-corrected chi connectivity index (χ3v) is 8.76. The fraction of sp³-hybridized carbons (Fsp3) is 0.500. The van der Waals surface area contributed by atoms with E-state index in [-0.39, 0.29) is 10.8 Å². The summed E-state index contributed by atoms with van der Waals surface area (Å²) in [7, 11) is -0.477. The number of sulfonamides is 1. The highest BCUT2D eigenvalue weighted by Gasteiger charge is 2.32. The number of unbranched alkanes of at least 4 members (excludes halogenated alkanes) is 1. The first-order valence-corrected chi connectivity index (χ1v) is 13.9. The Hall–Kier alpha value is -2.23. The molecule has 0 unspecified atom stereocenters. The summed E-state index contributed by atoms with van der Waals surface area (Å²) in [5.74, 6) is 1.01. The van der Waals surface area contributed by atoms with Crippen LogP contribution in [0.25, 0.3) is 11.0 Å². The van der Waals surface area contributed by atoms with E-state index in [4.69, 9.17) is 4.98 Å². The van der Waals surface area contributed by atoms with Gasteiger partial charge in [0.15, 0.2) is 0 Å². The first-order valence-electron chi connectivity index (χ1n) is 11.5. The Balaban J connectivity index is 1.57. The molecule has 4 rings (SSSR count). The molecule has 3 aromatic rings. The molecule has 7 nitrogen and oxygen atoms in total. The zero-order valence-electron chi connectivity index (χ0n) is 19.5. The van der Waals surface area contributed by atoms with Crippen molar-refractivity contribution in [2.24, 2.45) is 0 Å². The lowest BCUT2D eigenvalue weighted by Crippen LogP contribution is -2.32. The summed E-state index contributed by atoms with van der Waals surface area (Å²) >= 11 is 1.69. The molecule has 1 aromatic carbocycles. The maximum absolute atomic E-state index is 13.1. The molecule has 1 aliphatic carbocycles. The Morgan fingerprint density at radius 2 is 2.03 bits per heavy atom. The predicted octanol–water partition coefficient (Wildman–Crippen LogP) is 4.27. The molecule has 9 heteroatoms. The van der Waals surface area contributed by atoms with Gasteiger partial charge in [0.05, 0.1) is 22.5 Å². The third kappa shape index (κ3) is 5.31. The fourth-order valence-electron chi connectivity index (χ4n) is 4.03. The summed E-state index contributed by atoms with van der Waals surface area (Å²) in [5.41, 5.74) is 1.58. The topological polar surface area (TPSA) is 75.5 Å². The number of amides is 1. The lowest BCUT2D eigenvalue weighted by molar-refractivity contribution is -0.132. The molecule has 0 bridgehead atoms. The molecule has 178 valence electrons. The standard InChI is InChI=1S/C24H32N4O3S2/c1-4-5-14-27-22-11-10-20(33(30,31)26(2)3)16-21(22)25-23(27)12-13-24(29)28(18-8-9-18)17-19-7-6-15-32-19/h6-7,10-11,15-16,18H,4-5,8-9,12-14,17H2,1-3H3. The molecule has 0 N–H and O–H groups in total. The van der Waals surface area contributed by atoms with Crippen LogP contribution in [-0.2, 0) is 34.3 Å². The van der Waals surface area contributed by atoms with Gasteiger partial charge in [0.25, 0.3) is 0 Å². The van der Waals surface area contributed by atoms with Gasteiger partial charge in [-0.2, -0.15) is 0 Å². The van der Waals surface area contributed by atoms with E-state index in [0.717, 1.165) is 43.6 Å². The molecule has 1 fully saturated rings. The molecule has 2 aromatic heterocycles. The van der Waals surface area contributed by atoms with E-state index in [1.54, 1.807) is 23.5 Å². The number of aromatic nitrogens is 2. The number of fused-ring (bicyclic) bond motifs is 1. The van der Waals surface area contributed by atoms with Gasteiger partial charge in [-0.3, -0.25) is 4.79 Å². The minimum absolute atomic E-state index is 0.163. The van der Waals surface area contributed by atoms with E-state index in [1.807, 2.05) is 22.4 Å². The largest absolute Gasteiger partial charge is 0.335 e. The summed E-state index contributed by atoms with van der Waals surface area (Å²) < 4.78 is 28.5. The first kappa shape index (κ1) is 23.9. The Morgan fingerprint density at radius 1 is 1.24 bits per heavy atom. The lowest BCUT2D eigenvalue weighted by atomic mass is 10.2. The van der Waals surface area contributed by atoms with E-state index in [9.17, 15) is 13.2 Å². The zero-order chi connectivity index (χ0) is 23.6. The molecule has 0 spiro atoms. The molecule has 1 saturated carbocycles. The molecule has 1 amide bonds. The van der Waals surface area contributed by atoms with E-state index in [2.05, 4.69) is 17.6 Å². The normalized spacial score (nSPS) is 14.3. The van der Waals surface area contributed by atoms with Crippen molar-refractivity contribution in [1.82, 2.24) is 18.8 Å². The Bertz CT molecular complexity index is 1210. The van der Waals surface area contributed by atoms with Gasteiger partial charge in [-0.25, -0.2) is 17.7 Å². The Morgan fingerprint density at radius 3 is 2.67 bits per heavy atom. The number of nitrogens with zero attached hydrogens (tertiary/aromatic N) is 4. The van der Waals surface area contributed by atoms with Crippen molar-refractivity contribution in [3.63, 3.8) is 0 Å². The van der Waals surface area contributed by atoms with Gasteiger partial charge in [0.1, 0.15) is 5.82 Å². The maximum atomic E-state index is 13.1. The maximum Gasteiger partial charge on any atom is 0.242 e. The zero-order valence-corrected chi connectivity index (χ0v) is 21.2. The summed E-state index contributed by atoms with van der Waals surface area (Å²) in [6, 6.07) is 9.59. The fourth-order valence-corrected chi connectivity index (χ4v) is 5.65. The summed E-state index contributed by atoms with van der Waals surface area (Å²) in [5, 5.41) is 2.05. The highest BCUT2D eigenvalue weighted by atomic mass is 32.2. The van der Waals surface area contributed by atoms with Crippen molar-refractivity contribution in [3.8, 4) is 0 Å². The SMILES string of the molecule is CCCCn1c(CCC(=O)N(Cc2cccs2)C2CC2)nc2cc(S(=O)(=O)N(C)C)ccc21. The van der Waals surface area contributed by atoms with Crippen LogP contribution >= 0.6 is 11.3 Å². The second-order valence-electron chi connectivity index (χ2n) is 8.80. The van der Waals surface area contributed by atoms with E-state index in [1.165, 1.54) is 23.3 Å². The number of imidazole rings is 1. The van der Waals surface area contributed by atoms with Gasteiger partial charge in [0.2, 0.25) is 15.9 Å². The van der Waals surface area contributed by atoms with Crippen molar-refractivity contribution in [3.05, 3.63) is 46.4 Å². The molecule has 0 aliphatic heterocycles. The number of benzene rings is 1. The van der Waals surface area contributed by atoms with E-state index in [0.29, 0.717) is 30.9 Å². The minimum atomic E-state index is -3.53. The summed E-state index contributed by atoms with van der Waals surface area (Å²) in [6.07, 6.45) is 5.14. The minimum Gasteiger partial charge on any atom is -0.335 e. The van der Waals surface area contributed by atoms with Crippen LogP contribution in [0.5, 0.6) is 0 Å². The van der Waals surface area contributed by atoms with Crippen LogP contribution in [0.1, 0.15) is 49.7 Å². The van der Waals surface area contributed by atoms with Crippen molar-refractivity contribution in [2.45, 2.75) is 69.5 Å². The van der Waals surface area contributed by atoms with Crippen LogP contribution in [0, 0.1) is 0 Å². The van der Waals surface area contributed by atoms with Gasteiger partial charge in [-0.1, -0.05) is 19.4 Å². The monoisotopic (exact) mass is 488 g/mol. The predicted molar refractivity (Wildman–Crippen MR) is 132 cm³/mol. The average molecular weight is 489 g/mol. The first-order chi connectivity index (χ1) is 15.8. The molecular weight excluding hydrogens is 456 g/mol. The third-order valence-electron chi connectivity index (χ3n) is 6.09. The number of rotatable bonds is 11. The number of hydrogen-bond donors (Lipinski definition) is 0. The number of hydrogen-bond acceptors (Lipinski definition) is 5. The Labute approximate surface area is 200 Å². The quantitative estimate of drug-likeness (QED) is 0.404. The highest BCUT2D eigenvalue weighted by Crippen LogP contribution is 2.30. The summed E-state index contributed by atoms with van der Waals surface area (Å²) in [4.78, 5) is 21.4. The number of thiophene rings is 1. The van der Waals surface area contributed by atoms with Crippen LogP contribution < -0.4 is 0 Å². The molecule has 2 heterocycles. The molecule has 0 atom stereocenters. The van der Waals surface area contributed by atoms with Gasteiger partial charge < -0.3 is 9.47 Å².